The SMILES string of the molecule is CCCCc1ccc(C2CCC(OC(=O)OC3CCC(c4ccc(CCCC)c(CCCC)c4CCCC)CC3)CC2)c(CCCC)c1CCCC. The van der Waals surface area contributed by atoms with E-state index in [0.717, 1.165) is 51.4 Å². The number of aryl methyl sites for hydroxylation is 2. The molecule has 52 heavy (non-hydrogen) atoms. The number of unbranched alkanes of at least 4 members (excludes halogenated alkanes) is 6. The molecule has 2 aromatic carbocycles. The van der Waals surface area contributed by atoms with Crippen LogP contribution in [0.2, 0.25) is 0 Å². The first-order valence-corrected chi connectivity index (χ1v) is 22.6. The number of carbonyl (C=O) groups excluding carboxylic acids is 1. The third-order valence-electron chi connectivity index (χ3n) is 12.6. The Morgan fingerprint density at radius 3 is 1.08 bits per heavy atom. The van der Waals surface area contributed by atoms with Crippen LogP contribution in [0.4, 0.5) is 4.79 Å². The molecule has 0 aliphatic heterocycles. The van der Waals surface area contributed by atoms with E-state index in [-0.39, 0.29) is 12.2 Å². The van der Waals surface area contributed by atoms with Crippen molar-refractivity contribution < 1.29 is 14.3 Å². The van der Waals surface area contributed by atoms with Crippen LogP contribution in [0.3, 0.4) is 0 Å². The molecule has 0 amide bonds. The van der Waals surface area contributed by atoms with Gasteiger partial charge in [0.2, 0.25) is 0 Å². The Hall–Kier alpha value is -2.29. The first kappa shape index (κ1) is 42.5. The Balaban J connectivity index is 1.33. The van der Waals surface area contributed by atoms with Crippen LogP contribution in [-0.2, 0) is 48.0 Å². The van der Waals surface area contributed by atoms with E-state index in [2.05, 4.69) is 65.8 Å². The zero-order chi connectivity index (χ0) is 37.1. The van der Waals surface area contributed by atoms with Crippen molar-refractivity contribution in [3.8, 4) is 0 Å². The number of hydrogen-bond donors (Lipinski definition) is 0. The van der Waals surface area contributed by atoms with Gasteiger partial charge in [-0.15, -0.1) is 0 Å². The Labute approximate surface area is 320 Å². The van der Waals surface area contributed by atoms with Gasteiger partial charge < -0.3 is 9.47 Å². The lowest BCUT2D eigenvalue weighted by Crippen LogP contribution is -2.29. The first-order chi connectivity index (χ1) is 25.5. The average Bonchev–Trinajstić information content (AvgIpc) is 3.16. The highest BCUT2D eigenvalue weighted by Crippen LogP contribution is 2.41. The summed E-state index contributed by atoms with van der Waals surface area (Å²) in [4.78, 5) is 13.1. The predicted molar refractivity (Wildman–Crippen MR) is 222 cm³/mol. The van der Waals surface area contributed by atoms with Gasteiger partial charge in [0.1, 0.15) is 12.2 Å². The minimum atomic E-state index is -0.427. The molecular weight excluding hydrogens is 637 g/mol. The van der Waals surface area contributed by atoms with E-state index in [4.69, 9.17) is 9.47 Å². The third-order valence-corrected chi connectivity index (χ3v) is 12.6. The Morgan fingerprint density at radius 2 is 0.750 bits per heavy atom. The van der Waals surface area contributed by atoms with Crippen LogP contribution in [0.5, 0.6) is 0 Å². The number of hydrogen-bond acceptors (Lipinski definition) is 3. The molecule has 2 aliphatic carbocycles. The maximum Gasteiger partial charge on any atom is 0.508 e. The van der Waals surface area contributed by atoms with Crippen molar-refractivity contribution in [3.05, 3.63) is 68.8 Å². The van der Waals surface area contributed by atoms with Crippen LogP contribution < -0.4 is 0 Å². The van der Waals surface area contributed by atoms with Crippen LogP contribution >= 0.6 is 0 Å². The molecule has 0 radical (unpaired) electrons. The molecule has 2 aromatic rings. The average molecular weight is 715 g/mol. The molecule has 0 saturated heterocycles. The van der Waals surface area contributed by atoms with Crippen molar-refractivity contribution >= 4 is 6.16 Å². The van der Waals surface area contributed by atoms with Gasteiger partial charge in [0, 0.05) is 0 Å². The maximum absolute atomic E-state index is 13.1. The Morgan fingerprint density at radius 1 is 0.442 bits per heavy atom. The van der Waals surface area contributed by atoms with Gasteiger partial charge in [0.25, 0.3) is 0 Å². The summed E-state index contributed by atoms with van der Waals surface area (Å²) in [5.74, 6) is 1.15. The summed E-state index contributed by atoms with van der Waals surface area (Å²) in [7, 11) is 0. The fourth-order valence-corrected chi connectivity index (χ4v) is 9.40. The minimum absolute atomic E-state index is 0.0172. The molecule has 2 saturated carbocycles. The van der Waals surface area contributed by atoms with Gasteiger partial charge >= 0.3 is 6.16 Å². The van der Waals surface area contributed by atoms with Crippen molar-refractivity contribution in [2.45, 2.75) is 233 Å². The van der Waals surface area contributed by atoms with Gasteiger partial charge in [-0.3, -0.25) is 0 Å². The quantitative estimate of drug-likeness (QED) is 0.114. The lowest BCUT2D eigenvalue weighted by molar-refractivity contribution is -0.0215. The topological polar surface area (TPSA) is 35.5 Å². The van der Waals surface area contributed by atoms with Crippen LogP contribution in [0.1, 0.15) is 226 Å². The molecule has 3 nitrogen and oxygen atoms in total. The van der Waals surface area contributed by atoms with Crippen LogP contribution in [0.15, 0.2) is 24.3 Å². The molecular formula is C49H78O3. The molecule has 4 rings (SSSR count). The Bertz CT molecular complexity index is 1210. The summed E-state index contributed by atoms with van der Waals surface area (Å²) in [6.45, 7) is 13.9. The first-order valence-electron chi connectivity index (χ1n) is 22.6. The van der Waals surface area contributed by atoms with E-state index < -0.39 is 6.16 Å². The molecule has 0 atom stereocenters. The maximum atomic E-state index is 13.1. The summed E-state index contributed by atoms with van der Waals surface area (Å²) < 4.78 is 12.1. The fourth-order valence-electron chi connectivity index (χ4n) is 9.40. The van der Waals surface area contributed by atoms with Crippen LogP contribution in [-0.4, -0.2) is 18.4 Å². The molecule has 0 N–H and O–H groups in total. The molecule has 3 heteroatoms. The van der Waals surface area contributed by atoms with E-state index in [1.165, 1.54) is 116 Å². The van der Waals surface area contributed by atoms with E-state index in [1.807, 2.05) is 0 Å². The number of benzene rings is 2. The summed E-state index contributed by atoms with van der Waals surface area (Å²) >= 11 is 0. The minimum Gasteiger partial charge on any atom is -0.431 e. The monoisotopic (exact) mass is 715 g/mol. The summed E-state index contributed by atoms with van der Waals surface area (Å²) in [5, 5.41) is 0. The molecule has 2 fully saturated rings. The molecule has 0 bridgehead atoms. The van der Waals surface area contributed by atoms with E-state index in [9.17, 15) is 4.79 Å². The highest BCUT2D eigenvalue weighted by atomic mass is 16.7. The second-order valence-electron chi connectivity index (χ2n) is 16.6. The van der Waals surface area contributed by atoms with Crippen molar-refractivity contribution in [2.75, 3.05) is 0 Å². The largest absolute Gasteiger partial charge is 0.508 e. The van der Waals surface area contributed by atoms with Gasteiger partial charge in [-0.1, -0.05) is 104 Å². The zero-order valence-electron chi connectivity index (χ0n) is 34.7. The van der Waals surface area contributed by atoms with Gasteiger partial charge in [-0.2, -0.15) is 0 Å². The summed E-state index contributed by atoms with van der Waals surface area (Å²) in [6.07, 6.45) is 30.1. The predicted octanol–water partition coefficient (Wildman–Crippen LogP) is 14.6. The van der Waals surface area contributed by atoms with E-state index in [0.29, 0.717) is 11.8 Å². The summed E-state index contributed by atoms with van der Waals surface area (Å²) in [5.41, 5.74) is 13.1. The smallest absolute Gasteiger partial charge is 0.431 e. The molecule has 0 spiro atoms. The van der Waals surface area contributed by atoms with Crippen molar-refractivity contribution in [2.24, 2.45) is 0 Å². The number of rotatable bonds is 22. The normalized spacial score (nSPS) is 20.6. The zero-order valence-corrected chi connectivity index (χ0v) is 34.7. The number of ether oxygens (including phenoxy) is 2. The fraction of sp³-hybridized carbons (Fsp3) is 0.735. The van der Waals surface area contributed by atoms with Gasteiger partial charge in [0.15, 0.2) is 0 Å². The van der Waals surface area contributed by atoms with Crippen molar-refractivity contribution in [1.29, 1.82) is 0 Å². The second kappa shape index (κ2) is 23.5. The van der Waals surface area contributed by atoms with Gasteiger partial charge in [-0.25, -0.2) is 4.79 Å². The number of carbonyl (C=O) groups is 1. The molecule has 0 unspecified atom stereocenters. The lowest BCUT2D eigenvalue weighted by Gasteiger charge is -2.33. The van der Waals surface area contributed by atoms with Crippen LogP contribution in [0, 0.1) is 0 Å². The molecule has 0 aromatic heterocycles. The van der Waals surface area contributed by atoms with E-state index in [1.54, 1.807) is 44.5 Å². The third kappa shape index (κ3) is 12.4. The second-order valence-corrected chi connectivity index (χ2v) is 16.6. The Kier molecular flexibility index (Phi) is 19.2. The molecule has 0 heterocycles. The highest BCUT2D eigenvalue weighted by molar-refractivity contribution is 5.60. The van der Waals surface area contributed by atoms with Gasteiger partial charge in [0.05, 0.1) is 0 Å². The molecule has 292 valence electrons. The van der Waals surface area contributed by atoms with E-state index >= 15 is 0 Å². The summed E-state index contributed by atoms with van der Waals surface area (Å²) in [6, 6.07) is 9.92. The van der Waals surface area contributed by atoms with Crippen LogP contribution in [0.25, 0.3) is 0 Å². The lowest BCUT2D eigenvalue weighted by atomic mass is 9.77. The highest BCUT2D eigenvalue weighted by Gasteiger charge is 2.31. The van der Waals surface area contributed by atoms with Gasteiger partial charge in [-0.05, 0) is 185 Å². The van der Waals surface area contributed by atoms with Crippen molar-refractivity contribution in [1.82, 2.24) is 0 Å². The molecule has 2 aliphatic rings. The van der Waals surface area contributed by atoms with Crippen molar-refractivity contribution in [3.63, 3.8) is 0 Å². The standard InChI is InChI=1S/C49H78O3/c1-7-13-19-37-29-35-45(47(23-17-11-5)43(37)21-15-9-3)39-25-31-41(32-26-39)51-49(50)52-42-33-27-40(28-34-42)46-36-30-38(20-14-8-2)44(22-16-10-4)48(46)24-18-12-6/h29-30,35-36,39-42H,7-28,31-34H2,1-6H3.